The normalized spacial score (nSPS) is 18.0. The smallest absolute Gasteiger partial charge is 0.229 e. The maximum atomic E-state index is 12.6. The van der Waals surface area contributed by atoms with Crippen LogP contribution in [0.4, 0.5) is 5.82 Å². The zero-order valence-corrected chi connectivity index (χ0v) is 15.6. The van der Waals surface area contributed by atoms with Crippen LogP contribution in [0.25, 0.3) is 22.3 Å². The fourth-order valence-corrected chi connectivity index (χ4v) is 3.74. The number of carbonyl (C=O) groups excluding carboxylic acids is 1. The first-order chi connectivity index (χ1) is 12.2. The topological polar surface area (TPSA) is 85.6 Å². The van der Waals surface area contributed by atoms with Gasteiger partial charge < -0.3 is 5.32 Å². The van der Waals surface area contributed by atoms with Gasteiger partial charge in [0.2, 0.25) is 5.91 Å². The van der Waals surface area contributed by atoms with Crippen molar-refractivity contribution in [1.82, 2.24) is 25.0 Å². The summed E-state index contributed by atoms with van der Waals surface area (Å²) in [5.41, 5.74) is 2.18. The monoisotopic (exact) mass is 350 g/mol. The summed E-state index contributed by atoms with van der Waals surface area (Å²) in [6, 6.07) is 5.63. The number of fused-ring (bicyclic) bond motifs is 1. The molecule has 4 rings (SSSR count). The number of rotatable bonds is 3. The van der Waals surface area contributed by atoms with E-state index in [9.17, 15) is 4.79 Å². The van der Waals surface area contributed by atoms with Crippen LogP contribution < -0.4 is 5.32 Å². The molecule has 1 N–H and O–H groups in total. The van der Waals surface area contributed by atoms with Crippen molar-refractivity contribution in [1.29, 1.82) is 0 Å². The molecule has 0 aliphatic heterocycles. The van der Waals surface area contributed by atoms with Crippen molar-refractivity contribution in [3.05, 3.63) is 30.6 Å². The van der Waals surface area contributed by atoms with Crippen LogP contribution in [0.2, 0.25) is 0 Å². The summed E-state index contributed by atoms with van der Waals surface area (Å²) in [6.45, 7) is 8.50. The highest BCUT2D eigenvalue weighted by atomic mass is 16.2. The number of amides is 1. The Hall–Kier alpha value is -2.83. The van der Waals surface area contributed by atoms with Crippen LogP contribution in [0.5, 0.6) is 0 Å². The molecule has 0 saturated heterocycles. The predicted octanol–water partition coefficient (Wildman–Crippen LogP) is 3.05. The van der Waals surface area contributed by atoms with Crippen molar-refractivity contribution in [3.8, 4) is 11.4 Å². The molecule has 0 atom stereocenters. The minimum atomic E-state index is -0.0219. The van der Waals surface area contributed by atoms with Crippen molar-refractivity contribution in [2.45, 2.75) is 27.7 Å². The van der Waals surface area contributed by atoms with Gasteiger partial charge in [0.25, 0.3) is 0 Å². The number of pyridine rings is 2. The van der Waals surface area contributed by atoms with Gasteiger partial charge in [0, 0.05) is 30.6 Å². The Balaban J connectivity index is 1.62. The Labute approximate surface area is 151 Å². The zero-order chi connectivity index (χ0) is 18.7. The second-order valence-corrected chi connectivity index (χ2v) is 8.10. The minimum Gasteiger partial charge on any atom is -0.310 e. The fraction of sp³-hybridized carbons (Fsp3) is 0.421. The molecule has 0 spiro atoms. The highest BCUT2D eigenvalue weighted by Crippen LogP contribution is 2.68. The van der Waals surface area contributed by atoms with Crippen LogP contribution in [0.3, 0.4) is 0 Å². The molecular formula is C19H22N6O. The highest BCUT2D eigenvalue weighted by molar-refractivity contribution is 5.96. The van der Waals surface area contributed by atoms with E-state index in [1.54, 1.807) is 16.9 Å². The van der Waals surface area contributed by atoms with Crippen LogP contribution >= 0.6 is 0 Å². The van der Waals surface area contributed by atoms with Crippen molar-refractivity contribution >= 4 is 22.6 Å². The Bertz CT molecular complexity index is 1010. The second-order valence-electron chi connectivity index (χ2n) is 8.10. The molecule has 0 bridgehead atoms. The Morgan fingerprint density at radius 1 is 1.15 bits per heavy atom. The van der Waals surface area contributed by atoms with Gasteiger partial charge in [0.1, 0.15) is 11.5 Å². The molecule has 1 amide bonds. The third kappa shape index (κ3) is 2.46. The van der Waals surface area contributed by atoms with E-state index in [0.717, 1.165) is 16.6 Å². The summed E-state index contributed by atoms with van der Waals surface area (Å²) in [7, 11) is 1.82. The average molecular weight is 350 g/mol. The molecule has 7 nitrogen and oxygen atoms in total. The molecule has 3 aromatic heterocycles. The number of hydrogen-bond donors (Lipinski definition) is 1. The average Bonchev–Trinajstić information content (AvgIpc) is 2.87. The van der Waals surface area contributed by atoms with Crippen LogP contribution in [0.1, 0.15) is 27.7 Å². The number of nitrogens with one attached hydrogen (secondary N) is 1. The molecule has 1 fully saturated rings. The van der Waals surface area contributed by atoms with E-state index in [-0.39, 0.29) is 22.7 Å². The van der Waals surface area contributed by atoms with Crippen molar-refractivity contribution in [2.24, 2.45) is 23.8 Å². The Morgan fingerprint density at radius 3 is 2.50 bits per heavy atom. The lowest BCUT2D eigenvalue weighted by Gasteiger charge is -2.07. The predicted molar refractivity (Wildman–Crippen MR) is 99.2 cm³/mol. The molecule has 1 saturated carbocycles. The van der Waals surface area contributed by atoms with Gasteiger partial charge in [0.15, 0.2) is 0 Å². The number of carbonyl (C=O) groups is 1. The zero-order valence-electron chi connectivity index (χ0n) is 15.6. The molecule has 1 aliphatic rings. The Morgan fingerprint density at radius 2 is 1.88 bits per heavy atom. The van der Waals surface area contributed by atoms with Crippen LogP contribution in [0, 0.1) is 16.7 Å². The summed E-state index contributed by atoms with van der Waals surface area (Å²) < 4.78 is 1.64. The van der Waals surface area contributed by atoms with Gasteiger partial charge >= 0.3 is 0 Å². The second kappa shape index (κ2) is 5.33. The first kappa shape index (κ1) is 16.6. The molecule has 1 aliphatic carbocycles. The maximum Gasteiger partial charge on any atom is 0.229 e. The Kier molecular flexibility index (Phi) is 3.41. The first-order valence-electron chi connectivity index (χ1n) is 8.64. The number of anilines is 1. The molecule has 134 valence electrons. The van der Waals surface area contributed by atoms with Gasteiger partial charge in [-0.3, -0.25) is 9.48 Å². The maximum absolute atomic E-state index is 12.6. The first-order valence-corrected chi connectivity index (χ1v) is 8.64. The third-order valence-electron chi connectivity index (χ3n) is 5.97. The van der Waals surface area contributed by atoms with Crippen molar-refractivity contribution in [2.75, 3.05) is 5.32 Å². The lowest BCUT2D eigenvalue weighted by molar-refractivity contribution is -0.118. The van der Waals surface area contributed by atoms with E-state index >= 15 is 0 Å². The SMILES string of the molecule is Cn1cc(-c2ccc3cnc(NC(=O)C4C(C)(C)C4(C)C)cc3n2)nn1. The van der Waals surface area contributed by atoms with Gasteiger partial charge in [0.05, 0.1) is 17.4 Å². The number of aromatic nitrogens is 5. The molecule has 0 unspecified atom stereocenters. The van der Waals surface area contributed by atoms with Gasteiger partial charge in [-0.2, -0.15) is 0 Å². The van der Waals surface area contributed by atoms with E-state index in [1.807, 2.05) is 25.4 Å². The van der Waals surface area contributed by atoms with E-state index in [1.165, 1.54) is 0 Å². The van der Waals surface area contributed by atoms with Crippen molar-refractivity contribution in [3.63, 3.8) is 0 Å². The molecule has 0 radical (unpaired) electrons. The lowest BCUT2D eigenvalue weighted by atomic mass is 10.0. The molecule has 0 aromatic carbocycles. The largest absolute Gasteiger partial charge is 0.310 e. The summed E-state index contributed by atoms with van der Waals surface area (Å²) in [4.78, 5) is 21.6. The molecular weight excluding hydrogens is 328 g/mol. The van der Waals surface area contributed by atoms with E-state index in [0.29, 0.717) is 11.5 Å². The van der Waals surface area contributed by atoms with E-state index in [4.69, 9.17) is 0 Å². The summed E-state index contributed by atoms with van der Waals surface area (Å²) in [5, 5.41) is 11.9. The third-order valence-corrected chi connectivity index (χ3v) is 5.97. The highest BCUT2D eigenvalue weighted by Gasteiger charge is 2.68. The van der Waals surface area contributed by atoms with Crippen LogP contribution in [-0.2, 0) is 11.8 Å². The van der Waals surface area contributed by atoms with Gasteiger partial charge in [-0.05, 0) is 23.0 Å². The summed E-state index contributed by atoms with van der Waals surface area (Å²) in [5.74, 6) is 0.508. The van der Waals surface area contributed by atoms with E-state index in [2.05, 4.69) is 53.3 Å². The number of hydrogen-bond acceptors (Lipinski definition) is 5. The molecule has 3 heterocycles. The summed E-state index contributed by atoms with van der Waals surface area (Å²) >= 11 is 0. The minimum absolute atomic E-state index is 0.00860. The molecule has 26 heavy (non-hydrogen) atoms. The lowest BCUT2D eigenvalue weighted by Crippen LogP contribution is -2.18. The van der Waals surface area contributed by atoms with Crippen LogP contribution in [0.15, 0.2) is 30.6 Å². The number of aryl methyl sites for hydroxylation is 1. The number of nitrogens with zero attached hydrogens (tertiary/aromatic N) is 5. The quantitative estimate of drug-likeness (QED) is 0.785. The summed E-state index contributed by atoms with van der Waals surface area (Å²) in [6.07, 6.45) is 3.54. The van der Waals surface area contributed by atoms with Crippen LogP contribution in [-0.4, -0.2) is 30.9 Å². The standard InChI is InChI=1S/C19H22N6O/c1-18(2)16(19(18,3)4)17(26)22-15-8-13-11(9-20-15)6-7-12(21-13)14-10-25(5)24-23-14/h6-10,16H,1-5H3,(H,20,22,26). The van der Waals surface area contributed by atoms with Crippen molar-refractivity contribution < 1.29 is 4.79 Å². The fourth-order valence-electron chi connectivity index (χ4n) is 3.74. The van der Waals surface area contributed by atoms with Gasteiger partial charge in [-0.25, -0.2) is 9.97 Å². The molecule has 3 aromatic rings. The van der Waals surface area contributed by atoms with Gasteiger partial charge in [-0.1, -0.05) is 32.9 Å². The van der Waals surface area contributed by atoms with Gasteiger partial charge in [-0.15, -0.1) is 5.10 Å². The van der Waals surface area contributed by atoms with E-state index < -0.39 is 0 Å². The molecule has 7 heteroatoms.